The molecule has 0 radical (unpaired) electrons. The van der Waals surface area contributed by atoms with E-state index in [2.05, 4.69) is 5.32 Å². The number of rotatable bonds is 3. The quantitative estimate of drug-likeness (QED) is 0.836. The lowest BCUT2D eigenvalue weighted by Crippen LogP contribution is -2.17. The summed E-state index contributed by atoms with van der Waals surface area (Å²) >= 11 is 5.89. The highest BCUT2D eigenvalue weighted by atomic mass is 35.5. The van der Waals surface area contributed by atoms with E-state index in [1.54, 1.807) is 18.2 Å². The molecule has 0 bridgehead atoms. The van der Waals surface area contributed by atoms with Gasteiger partial charge in [-0.3, -0.25) is 4.79 Å². The molecule has 0 aliphatic rings. The van der Waals surface area contributed by atoms with E-state index >= 15 is 0 Å². The smallest absolute Gasteiger partial charge is 0.250 e. The van der Waals surface area contributed by atoms with Crippen LogP contribution >= 0.6 is 11.6 Å². The topological polar surface area (TPSA) is 38.3 Å². The summed E-state index contributed by atoms with van der Waals surface area (Å²) < 4.78 is 4.70. The Morgan fingerprint density at radius 2 is 2.29 bits per heavy atom. The molecule has 4 heteroatoms. The second-order valence-corrected chi connectivity index (χ2v) is 3.30. The average Bonchev–Trinajstić information content (AvgIpc) is 2.13. The monoisotopic (exact) mass is 213 g/mol. The number of hydrogen-bond donors (Lipinski definition) is 1. The van der Waals surface area contributed by atoms with Crippen LogP contribution in [0.1, 0.15) is 5.56 Å². The first-order valence-corrected chi connectivity index (χ1v) is 4.57. The number of carbonyl (C=O) groups excluding carboxylic acids is 1. The van der Waals surface area contributed by atoms with E-state index in [0.717, 1.165) is 11.3 Å². The molecule has 1 aromatic carbocycles. The van der Waals surface area contributed by atoms with Gasteiger partial charge >= 0.3 is 0 Å². The maximum absolute atomic E-state index is 11.2. The van der Waals surface area contributed by atoms with Gasteiger partial charge < -0.3 is 10.1 Å². The molecule has 0 spiro atoms. The third-order valence-electron chi connectivity index (χ3n) is 1.82. The number of halogens is 1. The van der Waals surface area contributed by atoms with Gasteiger partial charge in [-0.15, -0.1) is 0 Å². The molecule has 0 saturated heterocycles. The Balaban J connectivity index is 2.76. The van der Waals surface area contributed by atoms with Crippen LogP contribution in [0.4, 0.5) is 5.69 Å². The Kier molecular flexibility index (Phi) is 3.92. The van der Waals surface area contributed by atoms with Crippen molar-refractivity contribution >= 4 is 23.2 Å². The molecule has 14 heavy (non-hydrogen) atoms. The van der Waals surface area contributed by atoms with Crippen LogP contribution < -0.4 is 5.32 Å². The number of carbonyl (C=O) groups is 1. The number of hydrogen-bond acceptors (Lipinski definition) is 2. The summed E-state index contributed by atoms with van der Waals surface area (Å²) in [7, 11) is 1.48. The summed E-state index contributed by atoms with van der Waals surface area (Å²) in [5.74, 6) is -0.183. The Hall–Kier alpha value is -1.06. The Labute approximate surface area is 88.0 Å². The molecule has 3 nitrogen and oxygen atoms in total. The van der Waals surface area contributed by atoms with Gasteiger partial charge in [0.25, 0.3) is 0 Å². The van der Waals surface area contributed by atoms with Gasteiger partial charge in [-0.2, -0.15) is 0 Å². The summed E-state index contributed by atoms with van der Waals surface area (Å²) in [5, 5.41) is 3.34. The Bertz CT molecular complexity index is 339. The van der Waals surface area contributed by atoms with Crippen molar-refractivity contribution in [1.29, 1.82) is 0 Å². The zero-order valence-corrected chi connectivity index (χ0v) is 8.89. The van der Waals surface area contributed by atoms with Crippen molar-refractivity contribution < 1.29 is 9.53 Å². The first-order chi connectivity index (χ1) is 6.65. The molecule has 1 aromatic rings. The van der Waals surface area contributed by atoms with Crippen molar-refractivity contribution in [3.8, 4) is 0 Å². The van der Waals surface area contributed by atoms with Gasteiger partial charge in [-0.1, -0.05) is 17.7 Å². The molecule has 1 amide bonds. The van der Waals surface area contributed by atoms with Crippen molar-refractivity contribution in [2.45, 2.75) is 6.92 Å². The van der Waals surface area contributed by atoms with Gasteiger partial charge in [0.1, 0.15) is 6.61 Å². The van der Waals surface area contributed by atoms with Gasteiger partial charge in [0.05, 0.1) is 0 Å². The van der Waals surface area contributed by atoms with Crippen LogP contribution in [0.5, 0.6) is 0 Å². The molecule has 0 fully saturated rings. The normalized spacial score (nSPS) is 9.93. The fourth-order valence-electron chi connectivity index (χ4n) is 1.06. The van der Waals surface area contributed by atoms with E-state index in [4.69, 9.17) is 16.3 Å². The molecular formula is C10H12ClNO2. The van der Waals surface area contributed by atoms with Crippen molar-refractivity contribution in [3.63, 3.8) is 0 Å². The highest BCUT2D eigenvalue weighted by Crippen LogP contribution is 2.22. The maximum atomic E-state index is 11.2. The standard InChI is InChI=1S/C10H12ClNO2/c1-7-8(11)4-3-5-9(7)12-10(13)6-14-2/h3-5H,6H2,1-2H3,(H,12,13). The summed E-state index contributed by atoms with van der Waals surface area (Å²) in [6.45, 7) is 1.90. The van der Waals surface area contributed by atoms with Crippen LogP contribution in [-0.4, -0.2) is 19.6 Å². The van der Waals surface area contributed by atoms with Crippen LogP contribution in [0.25, 0.3) is 0 Å². The lowest BCUT2D eigenvalue weighted by molar-refractivity contribution is -0.119. The van der Waals surface area contributed by atoms with Gasteiger partial charge in [-0.25, -0.2) is 0 Å². The molecule has 1 N–H and O–H groups in total. The fourth-order valence-corrected chi connectivity index (χ4v) is 1.23. The molecule has 0 atom stereocenters. The number of ether oxygens (including phenoxy) is 1. The van der Waals surface area contributed by atoms with E-state index in [0.29, 0.717) is 5.02 Å². The summed E-state index contributed by atoms with van der Waals surface area (Å²) in [5.41, 5.74) is 1.58. The molecule has 0 saturated carbocycles. The van der Waals surface area contributed by atoms with Crippen molar-refractivity contribution in [2.75, 3.05) is 19.0 Å². The van der Waals surface area contributed by atoms with Crippen LogP contribution in [0.3, 0.4) is 0 Å². The lowest BCUT2D eigenvalue weighted by atomic mass is 10.2. The van der Waals surface area contributed by atoms with Crippen LogP contribution in [-0.2, 0) is 9.53 Å². The third-order valence-corrected chi connectivity index (χ3v) is 2.23. The van der Waals surface area contributed by atoms with Crippen LogP contribution in [0.15, 0.2) is 18.2 Å². The van der Waals surface area contributed by atoms with Gasteiger partial charge in [0.15, 0.2) is 0 Å². The lowest BCUT2D eigenvalue weighted by Gasteiger charge is -2.08. The zero-order chi connectivity index (χ0) is 10.6. The van der Waals surface area contributed by atoms with Gasteiger partial charge in [0, 0.05) is 17.8 Å². The van der Waals surface area contributed by atoms with E-state index in [1.807, 2.05) is 6.92 Å². The summed E-state index contributed by atoms with van der Waals surface area (Å²) in [6, 6.07) is 5.37. The van der Waals surface area contributed by atoms with Gasteiger partial charge in [-0.05, 0) is 24.6 Å². The van der Waals surface area contributed by atoms with Gasteiger partial charge in [0.2, 0.25) is 5.91 Å². The summed E-state index contributed by atoms with van der Waals surface area (Å²) in [4.78, 5) is 11.2. The summed E-state index contributed by atoms with van der Waals surface area (Å²) in [6.07, 6.45) is 0. The van der Waals surface area contributed by atoms with E-state index in [9.17, 15) is 4.79 Å². The first-order valence-electron chi connectivity index (χ1n) is 4.19. The number of amides is 1. The average molecular weight is 214 g/mol. The molecule has 0 heterocycles. The minimum absolute atomic E-state index is 0.0476. The van der Waals surface area contributed by atoms with Crippen molar-refractivity contribution in [3.05, 3.63) is 28.8 Å². The van der Waals surface area contributed by atoms with Crippen molar-refractivity contribution in [1.82, 2.24) is 0 Å². The minimum Gasteiger partial charge on any atom is -0.375 e. The molecule has 76 valence electrons. The molecule has 0 aliphatic heterocycles. The second kappa shape index (κ2) is 4.98. The van der Waals surface area contributed by atoms with E-state index in [1.165, 1.54) is 7.11 Å². The Morgan fingerprint density at radius 3 is 2.93 bits per heavy atom. The first kappa shape index (κ1) is 11.0. The number of benzene rings is 1. The minimum atomic E-state index is -0.183. The predicted molar refractivity (Wildman–Crippen MR) is 56.7 cm³/mol. The van der Waals surface area contributed by atoms with Crippen LogP contribution in [0, 0.1) is 6.92 Å². The maximum Gasteiger partial charge on any atom is 0.250 e. The molecule has 1 rings (SSSR count). The second-order valence-electron chi connectivity index (χ2n) is 2.89. The van der Waals surface area contributed by atoms with Crippen LogP contribution in [0.2, 0.25) is 5.02 Å². The molecule has 0 unspecified atom stereocenters. The Morgan fingerprint density at radius 1 is 1.57 bits per heavy atom. The highest BCUT2D eigenvalue weighted by molar-refractivity contribution is 6.31. The molecule has 0 aromatic heterocycles. The third kappa shape index (κ3) is 2.72. The SMILES string of the molecule is COCC(=O)Nc1cccc(Cl)c1C. The number of nitrogens with one attached hydrogen (secondary N) is 1. The van der Waals surface area contributed by atoms with E-state index in [-0.39, 0.29) is 12.5 Å². The fraction of sp³-hybridized carbons (Fsp3) is 0.300. The molecular weight excluding hydrogens is 202 g/mol. The van der Waals surface area contributed by atoms with Crippen molar-refractivity contribution in [2.24, 2.45) is 0 Å². The largest absolute Gasteiger partial charge is 0.375 e. The number of anilines is 1. The highest BCUT2D eigenvalue weighted by Gasteiger charge is 2.05. The predicted octanol–water partition coefficient (Wildman–Crippen LogP) is 2.23. The molecule has 0 aliphatic carbocycles. The zero-order valence-electron chi connectivity index (χ0n) is 8.13. The van der Waals surface area contributed by atoms with E-state index < -0.39 is 0 Å². The number of methoxy groups -OCH3 is 1.